The van der Waals surface area contributed by atoms with Crippen molar-refractivity contribution >= 4 is 41.3 Å². The Balaban J connectivity index is 0.00000225. The van der Waals surface area contributed by atoms with Gasteiger partial charge in [-0.3, -0.25) is 4.79 Å². The molecular weight excluding hydrogens is 401 g/mol. The molecule has 1 aromatic rings. The van der Waals surface area contributed by atoms with Crippen molar-refractivity contribution in [3.63, 3.8) is 0 Å². The van der Waals surface area contributed by atoms with Gasteiger partial charge in [0.2, 0.25) is 0 Å². The summed E-state index contributed by atoms with van der Waals surface area (Å²) >= 11 is 6.78. The van der Waals surface area contributed by atoms with Crippen LogP contribution in [0.4, 0.5) is 11.4 Å². The molecule has 1 aromatic carbocycles. The molecule has 0 spiro atoms. The Labute approximate surface area is 176 Å². The number of carbonyl (C=O) groups excluding carboxylic acids is 1. The SMILES string of the molecule is COc1cc(N2CCNCC2)c2c(c1)N(CC1(Cl)C=CC=CC1)C(=O)CO2.Cl. The quantitative estimate of drug-likeness (QED) is 0.751. The van der Waals surface area contributed by atoms with Crippen LogP contribution >= 0.6 is 24.0 Å². The molecule has 1 aliphatic carbocycles. The fraction of sp³-hybridized carbons (Fsp3) is 0.450. The van der Waals surface area contributed by atoms with Crippen LogP contribution in [0.25, 0.3) is 0 Å². The summed E-state index contributed by atoms with van der Waals surface area (Å²) in [5.41, 5.74) is 1.69. The van der Waals surface area contributed by atoms with Crippen LogP contribution in [0.2, 0.25) is 0 Å². The predicted molar refractivity (Wildman–Crippen MR) is 115 cm³/mol. The first-order chi connectivity index (χ1) is 13.1. The van der Waals surface area contributed by atoms with Gasteiger partial charge in [0.25, 0.3) is 5.91 Å². The van der Waals surface area contributed by atoms with Gasteiger partial charge in [-0.25, -0.2) is 0 Å². The van der Waals surface area contributed by atoms with E-state index in [1.807, 2.05) is 36.4 Å². The maximum absolute atomic E-state index is 12.7. The molecule has 0 aromatic heterocycles. The number of hydrogen-bond acceptors (Lipinski definition) is 5. The van der Waals surface area contributed by atoms with Crippen LogP contribution in [-0.4, -0.2) is 57.2 Å². The molecule has 1 unspecified atom stereocenters. The normalized spacial score (nSPS) is 23.7. The van der Waals surface area contributed by atoms with Gasteiger partial charge in [-0.05, 0) is 6.42 Å². The van der Waals surface area contributed by atoms with Crippen molar-refractivity contribution in [1.29, 1.82) is 0 Å². The molecule has 28 heavy (non-hydrogen) atoms. The summed E-state index contributed by atoms with van der Waals surface area (Å²) in [6.45, 7) is 3.99. The van der Waals surface area contributed by atoms with E-state index in [0.29, 0.717) is 18.7 Å². The maximum atomic E-state index is 12.7. The molecule has 1 N–H and O–H groups in total. The number of piperazine rings is 1. The summed E-state index contributed by atoms with van der Waals surface area (Å²) in [6, 6.07) is 3.85. The second-order valence-corrected chi connectivity index (χ2v) is 7.78. The highest BCUT2D eigenvalue weighted by molar-refractivity contribution is 6.26. The van der Waals surface area contributed by atoms with Crippen molar-refractivity contribution in [2.24, 2.45) is 0 Å². The Morgan fingerprint density at radius 2 is 2.00 bits per heavy atom. The maximum Gasteiger partial charge on any atom is 0.265 e. The largest absolute Gasteiger partial charge is 0.497 e. The highest BCUT2D eigenvalue weighted by Crippen LogP contribution is 2.45. The van der Waals surface area contributed by atoms with Crippen LogP contribution in [-0.2, 0) is 4.79 Å². The van der Waals surface area contributed by atoms with Gasteiger partial charge in [0.1, 0.15) is 5.75 Å². The number of fused-ring (bicyclic) bond motifs is 1. The lowest BCUT2D eigenvalue weighted by Gasteiger charge is -2.38. The summed E-state index contributed by atoms with van der Waals surface area (Å²) in [7, 11) is 1.64. The van der Waals surface area contributed by atoms with Crippen LogP contribution in [0, 0.1) is 0 Å². The summed E-state index contributed by atoms with van der Waals surface area (Å²) in [5.74, 6) is 1.34. The molecule has 3 aliphatic rings. The molecule has 0 bridgehead atoms. The first-order valence-electron chi connectivity index (χ1n) is 9.24. The van der Waals surface area contributed by atoms with Gasteiger partial charge in [0.05, 0.1) is 23.4 Å². The number of alkyl halides is 1. The number of allylic oxidation sites excluding steroid dienone is 3. The van der Waals surface area contributed by atoms with Crippen molar-refractivity contribution in [2.45, 2.75) is 11.3 Å². The average molecular weight is 426 g/mol. The van der Waals surface area contributed by atoms with Crippen molar-refractivity contribution in [3.8, 4) is 11.5 Å². The Morgan fingerprint density at radius 1 is 1.25 bits per heavy atom. The molecule has 4 rings (SSSR count). The lowest BCUT2D eigenvalue weighted by atomic mass is 9.98. The fourth-order valence-electron chi connectivity index (χ4n) is 3.72. The standard InChI is InChI=1S/C20H24ClN3O3.ClH/c1-26-15-11-16(23-9-7-22-8-10-23)19-17(12-15)24(18(25)13-27-19)14-20(21)5-3-2-4-6-20;/h2-5,11-12,22H,6-10,13-14H2,1H3;1H. The van der Waals surface area contributed by atoms with Crippen molar-refractivity contribution in [2.75, 3.05) is 56.2 Å². The second-order valence-electron chi connectivity index (χ2n) is 7.03. The second kappa shape index (κ2) is 8.64. The topological polar surface area (TPSA) is 54.0 Å². The van der Waals surface area contributed by atoms with E-state index in [4.69, 9.17) is 21.1 Å². The molecule has 2 heterocycles. The number of halogens is 2. The number of rotatable bonds is 4. The van der Waals surface area contributed by atoms with E-state index in [1.54, 1.807) is 12.0 Å². The van der Waals surface area contributed by atoms with Crippen molar-refractivity contribution in [3.05, 3.63) is 36.4 Å². The average Bonchev–Trinajstić information content (AvgIpc) is 2.70. The van der Waals surface area contributed by atoms with Gasteiger partial charge >= 0.3 is 0 Å². The molecule has 1 amide bonds. The predicted octanol–water partition coefficient (Wildman–Crippen LogP) is 2.75. The number of hydrogen-bond donors (Lipinski definition) is 1. The van der Waals surface area contributed by atoms with E-state index < -0.39 is 4.87 Å². The minimum absolute atomic E-state index is 0. The van der Waals surface area contributed by atoms with Gasteiger partial charge in [0, 0.05) is 44.9 Å². The third kappa shape index (κ3) is 4.09. The number of methoxy groups -OCH3 is 1. The summed E-state index contributed by atoms with van der Waals surface area (Å²) < 4.78 is 11.4. The van der Waals surface area contributed by atoms with Crippen LogP contribution in [0.1, 0.15) is 6.42 Å². The molecular formula is C20H25Cl2N3O3. The molecule has 6 nitrogen and oxygen atoms in total. The third-order valence-electron chi connectivity index (χ3n) is 5.17. The number of carbonyl (C=O) groups is 1. The van der Waals surface area contributed by atoms with E-state index in [9.17, 15) is 4.79 Å². The van der Waals surface area contributed by atoms with Crippen LogP contribution < -0.4 is 24.6 Å². The fourth-order valence-corrected chi connectivity index (χ4v) is 4.00. The molecule has 1 fully saturated rings. The minimum Gasteiger partial charge on any atom is -0.497 e. The van der Waals surface area contributed by atoms with Crippen molar-refractivity contribution < 1.29 is 14.3 Å². The molecule has 8 heteroatoms. The lowest BCUT2D eigenvalue weighted by Crippen LogP contribution is -2.47. The minimum atomic E-state index is -0.614. The van der Waals surface area contributed by atoms with Gasteiger partial charge in [-0.15, -0.1) is 24.0 Å². The molecule has 0 radical (unpaired) electrons. The van der Waals surface area contributed by atoms with E-state index in [1.165, 1.54) is 0 Å². The molecule has 152 valence electrons. The Hall–Kier alpha value is -1.89. The third-order valence-corrected chi connectivity index (χ3v) is 5.57. The van der Waals surface area contributed by atoms with Gasteiger partial charge in [-0.1, -0.05) is 24.3 Å². The van der Waals surface area contributed by atoms with Gasteiger partial charge < -0.3 is 24.6 Å². The molecule has 0 saturated carbocycles. The summed E-state index contributed by atoms with van der Waals surface area (Å²) in [4.78, 5) is 16.1. The van der Waals surface area contributed by atoms with E-state index in [0.717, 1.165) is 43.3 Å². The van der Waals surface area contributed by atoms with E-state index >= 15 is 0 Å². The van der Waals surface area contributed by atoms with Gasteiger partial charge in [0.15, 0.2) is 12.4 Å². The van der Waals surface area contributed by atoms with E-state index in [-0.39, 0.29) is 24.9 Å². The number of benzene rings is 1. The Morgan fingerprint density at radius 3 is 2.68 bits per heavy atom. The monoisotopic (exact) mass is 425 g/mol. The first kappa shape index (κ1) is 20.8. The number of nitrogens with zero attached hydrogens (tertiary/aromatic N) is 2. The van der Waals surface area contributed by atoms with Crippen LogP contribution in [0.5, 0.6) is 11.5 Å². The van der Waals surface area contributed by atoms with E-state index in [2.05, 4.69) is 10.2 Å². The van der Waals surface area contributed by atoms with Crippen LogP contribution in [0.15, 0.2) is 36.4 Å². The Kier molecular flexibility index (Phi) is 6.43. The Bertz CT molecular complexity index is 793. The highest BCUT2D eigenvalue weighted by atomic mass is 35.5. The lowest BCUT2D eigenvalue weighted by molar-refractivity contribution is -0.121. The van der Waals surface area contributed by atoms with Crippen LogP contribution in [0.3, 0.4) is 0 Å². The highest BCUT2D eigenvalue weighted by Gasteiger charge is 2.36. The van der Waals surface area contributed by atoms with Gasteiger partial charge in [-0.2, -0.15) is 0 Å². The number of nitrogens with one attached hydrogen (secondary N) is 1. The molecule has 1 atom stereocenters. The summed E-state index contributed by atoms with van der Waals surface area (Å²) in [5, 5.41) is 3.36. The zero-order valence-electron chi connectivity index (χ0n) is 15.8. The molecule has 2 aliphatic heterocycles. The zero-order chi connectivity index (χ0) is 18.9. The number of amides is 1. The smallest absolute Gasteiger partial charge is 0.265 e. The number of anilines is 2. The van der Waals surface area contributed by atoms with Crippen molar-refractivity contribution in [1.82, 2.24) is 5.32 Å². The first-order valence-corrected chi connectivity index (χ1v) is 9.62. The molecule has 1 saturated heterocycles. The zero-order valence-corrected chi connectivity index (χ0v) is 17.4. The summed E-state index contributed by atoms with van der Waals surface area (Å²) in [6.07, 6.45) is 8.56. The number of ether oxygens (including phenoxy) is 2.